The molecule has 2 aromatic carbocycles. The summed E-state index contributed by atoms with van der Waals surface area (Å²) >= 11 is 0. The molecule has 0 bridgehead atoms. The molecule has 8 heteroatoms. The Morgan fingerprint density at radius 1 is 1.00 bits per heavy atom. The van der Waals surface area contributed by atoms with E-state index in [1.54, 1.807) is 13.3 Å². The number of aryl methyl sites for hydroxylation is 1. The molecule has 0 saturated carbocycles. The molecular formula is C23H20N6O2. The molecule has 3 heterocycles. The van der Waals surface area contributed by atoms with Crippen molar-refractivity contribution in [3.8, 4) is 28.4 Å². The van der Waals surface area contributed by atoms with Crippen LogP contribution in [0.4, 0.5) is 0 Å². The minimum absolute atomic E-state index is 0.510. The van der Waals surface area contributed by atoms with Gasteiger partial charge >= 0.3 is 0 Å². The number of aliphatic hydroxyl groups is 1. The highest BCUT2D eigenvalue weighted by Gasteiger charge is 2.17. The van der Waals surface area contributed by atoms with Gasteiger partial charge in [0.05, 0.1) is 19.0 Å². The molecule has 5 aromatic rings. The summed E-state index contributed by atoms with van der Waals surface area (Å²) in [5, 5.41) is 25.5. The molecule has 1 atom stereocenters. The predicted molar refractivity (Wildman–Crippen MR) is 116 cm³/mol. The zero-order valence-corrected chi connectivity index (χ0v) is 17.0. The summed E-state index contributed by atoms with van der Waals surface area (Å²) in [5.41, 5.74) is 6.13. The molecule has 0 fully saturated rings. The summed E-state index contributed by atoms with van der Waals surface area (Å²) in [5.74, 6) is 1.05. The number of H-pyrrole nitrogens is 1. The molecule has 0 aliphatic rings. The molecule has 0 amide bonds. The van der Waals surface area contributed by atoms with Crippen LogP contribution in [0, 0.1) is 6.92 Å². The van der Waals surface area contributed by atoms with Crippen LogP contribution >= 0.6 is 0 Å². The fraction of sp³-hybridized carbons (Fsp3) is 0.130. The van der Waals surface area contributed by atoms with E-state index in [0.29, 0.717) is 11.7 Å². The molecule has 0 unspecified atom stereocenters. The van der Waals surface area contributed by atoms with Crippen LogP contribution in [0.5, 0.6) is 5.88 Å². The third-order valence-electron chi connectivity index (χ3n) is 5.36. The lowest BCUT2D eigenvalue weighted by molar-refractivity contribution is 0.214. The number of hydrogen-bond acceptors (Lipinski definition) is 6. The van der Waals surface area contributed by atoms with Crippen LogP contribution in [0.2, 0.25) is 0 Å². The molecule has 3 aromatic heterocycles. The van der Waals surface area contributed by atoms with Gasteiger partial charge in [-0.2, -0.15) is 10.2 Å². The normalized spacial score (nSPS) is 12.2. The lowest BCUT2D eigenvalue weighted by atomic mass is 9.96. The first kappa shape index (κ1) is 19.0. The second-order valence-electron chi connectivity index (χ2n) is 7.22. The van der Waals surface area contributed by atoms with E-state index in [-0.39, 0.29) is 0 Å². The Bertz CT molecular complexity index is 1340. The average molecular weight is 412 g/mol. The Morgan fingerprint density at radius 2 is 1.77 bits per heavy atom. The van der Waals surface area contributed by atoms with E-state index in [1.165, 1.54) is 0 Å². The van der Waals surface area contributed by atoms with Crippen molar-refractivity contribution in [2.45, 2.75) is 13.0 Å². The standard InChI is InChI=1S/C23H20N6O2/c1-14-7-12-19(29-13-20(31-2)24-23(14)29)21(30)16-10-8-15(9-11-16)17-5-3-4-6-18(17)22-25-27-28-26-22/h3-13,21,30H,1-2H3,(H,25,26,27,28)/t21-/m1/s1. The van der Waals surface area contributed by atoms with E-state index in [9.17, 15) is 5.11 Å². The summed E-state index contributed by atoms with van der Waals surface area (Å²) in [7, 11) is 1.58. The lowest BCUT2D eigenvalue weighted by Crippen LogP contribution is -2.06. The van der Waals surface area contributed by atoms with Crippen LogP contribution in [0.3, 0.4) is 0 Å². The highest BCUT2D eigenvalue weighted by Crippen LogP contribution is 2.32. The maximum absolute atomic E-state index is 11.1. The number of rotatable bonds is 5. The van der Waals surface area contributed by atoms with Gasteiger partial charge in [0.1, 0.15) is 11.8 Å². The summed E-state index contributed by atoms with van der Waals surface area (Å²) < 4.78 is 7.14. The van der Waals surface area contributed by atoms with Gasteiger partial charge in [-0.05, 0) is 40.5 Å². The van der Waals surface area contributed by atoms with Gasteiger partial charge < -0.3 is 9.84 Å². The van der Waals surface area contributed by atoms with E-state index in [1.807, 2.05) is 72.0 Å². The lowest BCUT2D eigenvalue weighted by Gasteiger charge is -2.15. The highest BCUT2D eigenvalue weighted by molar-refractivity contribution is 5.80. The van der Waals surface area contributed by atoms with Crippen LogP contribution in [0.1, 0.15) is 22.9 Å². The van der Waals surface area contributed by atoms with E-state index >= 15 is 0 Å². The monoisotopic (exact) mass is 412 g/mol. The topological polar surface area (TPSA) is 101 Å². The third-order valence-corrected chi connectivity index (χ3v) is 5.36. The van der Waals surface area contributed by atoms with E-state index < -0.39 is 6.10 Å². The first-order chi connectivity index (χ1) is 15.2. The number of ether oxygens (including phenoxy) is 1. The highest BCUT2D eigenvalue weighted by atomic mass is 16.5. The largest absolute Gasteiger partial charge is 0.480 e. The summed E-state index contributed by atoms with van der Waals surface area (Å²) in [6, 6.07) is 19.6. The van der Waals surface area contributed by atoms with Gasteiger partial charge in [-0.25, -0.2) is 0 Å². The Kier molecular flexibility index (Phi) is 4.68. The number of aromatic amines is 1. The van der Waals surface area contributed by atoms with E-state index in [4.69, 9.17) is 4.74 Å². The van der Waals surface area contributed by atoms with Gasteiger partial charge in [0.15, 0.2) is 0 Å². The zero-order valence-electron chi connectivity index (χ0n) is 17.0. The molecule has 5 rings (SSSR count). The van der Waals surface area contributed by atoms with Crippen molar-refractivity contribution in [2.75, 3.05) is 7.11 Å². The maximum Gasteiger partial charge on any atom is 0.232 e. The number of nitrogens with one attached hydrogen (secondary N) is 1. The van der Waals surface area contributed by atoms with Gasteiger partial charge in [0.25, 0.3) is 0 Å². The number of tetrazole rings is 1. The van der Waals surface area contributed by atoms with Crippen LogP contribution < -0.4 is 4.74 Å². The van der Waals surface area contributed by atoms with E-state index in [0.717, 1.165) is 39.2 Å². The van der Waals surface area contributed by atoms with Crippen LogP contribution in [0.25, 0.3) is 28.2 Å². The number of fused-ring (bicyclic) bond motifs is 1. The van der Waals surface area contributed by atoms with Gasteiger partial charge in [-0.3, -0.25) is 4.40 Å². The van der Waals surface area contributed by atoms with Gasteiger partial charge in [-0.1, -0.05) is 54.6 Å². The summed E-state index contributed by atoms with van der Waals surface area (Å²) in [6.07, 6.45) is 0.972. The van der Waals surface area contributed by atoms with Crippen molar-refractivity contribution in [3.05, 3.63) is 83.7 Å². The number of benzene rings is 2. The molecule has 154 valence electrons. The van der Waals surface area contributed by atoms with Crippen LogP contribution in [-0.4, -0.2) is 42.2 Å². The maximum atomic E-state index is 11.1. The number of imidazole rings is 1. The minimum Gasteiger partial charge on any atom is -0.480 e. The van der Waals surface area contributed by atoms with Crippen molar-refractivity contribution in [1.82, 2.24) is 30.0 Å². The second-order valence-corrected chi connectivity index (χ2v) is 7.22. The average Bonchev–Trinajstić information content (AvgIpc) is 3.50. The second kappa shape index (κ2) is 7.66. The van der Waals surface area contributed by atoms with Crippen molar-refractivity contribution in [1.29, 1.82) is 0 Å². The predicted octanol–water partition coefficient (Wildman–Crippen LogP) is 3.58. The van der Waals surface area contributed by atoms with Gasteiger partial charge in [-0.15, -0.1) is 10.2 Å². The smallest absolute Gasteiger partial charge is 0.232 e. The number of methoxy groups -OCH3 is 1. The molecule has 2 N–H and O–H groups in total. The number of pyridine rings is 1. The third kappa shape index (κ3) is 3.32. The molecule has 8 nitrogen and oxygen atoms in total. The summed E-state index contributed by atoms with van der Waals surface area (Å²) in [4.78, 5) is 4.47. The molecule has 0 aliphatic heterocycles. The molecule has 0 spiro atoms. The summed E-state index contributed by atoms with van der Waals surface area (Å²) in [6.45, 7) is 1.98. The van der Waals surface area contributed by atoms with Crippen LogP contribution in [0.15, 0.2) is 66.9 Å². The molecule has 0 saturated heterocycles. The minimum atomic E-state index is -0.816. The Labute approximate surface area is 178 Å². The number of nitrogens with zero attached hydrogens (tertiary/aromatic N) is 5. The van der Waals surface area contributed by atoms with Crippen molar-refractivity contribution < 1.29 is 9.84 Å². The molecule has 0 aliphatic carbocycles. The SMILES string of the molecule is COc1cn2c([C@H](O)c3ccc(-c4ccccc4-c4nn[nH]n4)cc3)ccc(C)c2n1. The molecule has 0 radical (unpaired) electrons. The quantitative estimate of drug-likeness (QED) is 0.458. The zero-order chi connectivity index (χ0) is 21.4. The van der Waals surface area contributed by atoms with Crippen molar-refractivity contribution in [3.63, 3.8) is 0 Å². The number of aromatic nitrogens is 6. The number of aliphatic hydroxyl groups excluding tert-OH is 1. The Balaban J connectivity index is 1.51. The van der Waals surface area contributed by atoms with Crippen LogP contribution in [-0.2, 0) is 0 Å². The van der Waals surface area contributed by atoms with Gasteiger partial charge in [0.2, 0.25) is 11.7 Å². The molecular weight excluding hydrogens is 392 g/mol. The fourth-order valence-corrected chi connectivity index (χ4v) is 3.74. The Hall–Kier alpha value is -4.04. The van der Waals surface area contributed by atoms with Crippen molar-refractivity contribution in [2.24, 2.45) is 0 Å². The first-order valence-corrected chi connectivity index (χ1v) is 9.79. The van der Waals surface area contributed by atoms with Crippen molar-refractivity contribution >= 4 is 5.65 Å². The Morgan fingerprint density at radius 3 is 2.48 bits per heavy atom. The number of hydrogen-bond donors (Lipinski definition) is 2. The molecule has 31 heavy (non-hydrogen) atoms. The van der Waals surface area contributed by atoms with E-state index in [2.05, 4.69) is 25.6 Å². The fourth-order valence-electron chi connectivity index (χ4n) is 3.74. The first-order valence-electron chi connectivity index (χ1n) is 9.79. The van der Waals surface area contributed by atoms with Gasteiger partial charge in [0, 0.05) is 5.56 Å².